The number of carbonyl (C=O) groups excluding carboxylic acids is 2. The first-order valence-corrected chi connectivity index (χ1v) is 18.5. The third-order valence-electron chi connectivity index (χ3n) is 7.37. The third kappa shape index (κ3) is 7.90. The Kier molecular flexibility index (Phi) is 11.8. The lowest BCUT2D eigenvalue weighted by Gasteiger charge is -2.30. The Hall–Kier alpha value is -3.48. The van der Waals surface area contributed by atoms with Crippen molar-refractivity contribution in [1.82, 2.24) is 9.80 Å². The Morgan fingerprint density at radius 2 is 1.15 bits per heavy atom. The van der Waals surface area contributed by atoms with Crippen molar-refractivity contribution in [2.24, 2.45) is 11.8 Å². The number of carboxylic acid groups (broad SMARTS) is 2. The van der Waals surface area contributed by atoms with Crippen LogP contribution >= 0.6 is 45.1 Å². The molecule has 0 saturated carbocycles. The van der Waals surface area contributed by atoms with Gasteiger partial charge in [-0.1, -0.05) is 59.7 Å². The number of benzene rings is 2. The van der Waals surface area contributed by atoms with Gasteiger partial charge < -0.3 is 20.0 Å². The van der Waals surface area contributed by atoms with Gasteiger partial charge in [0.2, 0.25) is 11.8 Å². The molecule has 0 aromatic heterocycles. The number of amides is 2. The number of carboxylic acids is 2. The van der Waals surface area contributed by atoms with Crippen LogP contribution in [0.25, 0.3) is 0 Å². The number of hydrogen-bond donors (Lipinski definition) is 2. The largest absolute Gasteiger partial charge is 0.480 e. The number of carbonyl (C=O) groups is 4. The average molecular weight is 711 g/mol. The van der Waals surface area contributed by atoms with Gasteiger partial charge in [0.15, 0.2) is 0 Å². The number of nitrogens with zero attached hydrogens (tertiary/aromatic N) is 4. The summed E-state index contributed by atoms with van der Waals surface area (Å²) >= 11 is 2.45. The molecule has 4 rings (SSSR count). The molecule has 0 bridgehead atoms. The topological polar surface area (TPSA) is 202 Å². The lowest BCUT2D eigenvalue weighted by atomic mass is 10.1. The maximum absolute atomic E-state index is 13.5. The molecule has 0 aliphatic carbocycles. The van der Waals surface area contributed by atoms with E-state index in [0.29, 0.717) is 11.1 Å². The second-order valence-electron chi connectivity index (χ2n) is 10.6. The molecule has 14 nitrogen and oxygen atoms in total. The number of aliphatic carboxylic acids is 2. The minimum absolute atomic E-state index is 0.131. The molecule has 2 amide bonds. The summed E-state index contributed by atoms with van der Waals surface area (Å²) in [5, 5.41) is 40.7. The van der Waals surface area contributed by atoms with E-state index in [1.807, 2.05) is 0 Å². The highest BCUT2D eigenvalue weighted by Gasteiger charge is 2.45. The van der Waals surface area contributed by atoms with E-state index in [1.54, 1.807) is 26.0 Å². The van der Waals surface area contributed by atoms with Gasteiger partial charge >= 0.3 is 11.9 Å². The number of thioether (sulfide) groups is 2. The molecule has 2 aromatic carbocycles. The summed E-state index contributed by atoms with van der Waals surface area (Å²) in [6, 6.07) is 9.37. The lowest BCUT2D eigenvalue weighted by molar-refractivity contribution is -0.385. The minimum Gasteiger partial charge on any atom is -0.480 e. The fourth-order valence-corrected chi connectivity index (χ4v) is 10.5. The van der Waals surface area contributed by atoms with Gasteiger partial charge in [-0.25, -0.2) is 9.59 Å². The van der Waals surface area contributed by atoms with Crippen molar-refractivity contribution in [1.29, 1.82) is 0 Å². The van der Waals surface area contributed by atoms with Gasteiger partial charge in [0, 0.05) is 59.1 Å². The maximum Gasteiger partial charge on any atom is 0.327 e. The molecule has 2 aliphatic rings. The highest BCUT2D eigenvalue weighted by Crippen LogP contribution is 2.45. The van der Waals surface area contributed by atoms with Gasteiger partial charge in [-0.15, -0.1) is 23.5 Å². The van der Waals surface area contributed by atoms with E-state index in [4.69, 9.17) is 0 Å². The van der Waals surface area contributed by atoms with Gasteiger partial charge in [-0.2, -0.15) is 0 Å². The second-order valence-corrected chi connectivity index (χ2v) is 15.4. The van der Waals surface area contributed by atoms with E-state index >= 15 is 0 Å². The van der Waals surface area contributed by atoms with Gasteiger partial charge in [-0.3, -0.25) is 29.8 Å². The Morgan fingerprint density at radius 1 is 0.783 bits per heavy atom. The Balaban J connectivity index is 1.38. The minimum atomic E-state index is -1.17. The van der Waals surface area contributed by atoms with Crippen molar-refractivity contribution >= 4 is 80.2 Å². The number of non-ortho nitro benzene ring substituents is 2. The predicted octanol–water partition coefficient (Wildman–Crippen LogP) is 4.91. The average Bonchev–Trinajstić information content (AvgIpc) is 3.68. The van der Waals surface area contributed by atoms with E-state index in [2.05, 4.69) is 0 Å². The molecule has 2 aliphatic heterocycles. The number of nitro benzene ring substituents is 2. The van der Waals surface area contributed by atoms with E-state index in [-0.39, 0.29) is 34.4 Å². The quantitative estimate of drug-likeness (QED) is 0.123. The molecule has 18 heteroatoms. The second kappa shape index (κ2) is 15.4. The molecule has 46 heavy (non-hydrogen) atoms. The van der Waals surface area contributed by atoms with Crippen LogP contribution in [0.4, 0.5) is 11.4 Å². The van der Waals surface area contributed by atoms with Crippen LogP contribution in [0, 0.1) is 32.1 Å². The first kappa shape index (κ1) is 35.4. The molecular formula is C28H30N4O10S4. The summed E-state index contributed by atoms with van der Waals surface area (Å²) < 4.78 is 0. The Bertz CT molecular complexity index is 1420. The van der Waals surface area contributed by atoms with Crippen molar-refractivity contribution in [2.75, 3.05) is 23.0 Å². The van der Waals surface area contributed by atoms with E-state index in [9.17, 15) is 49.6 Å². The van der Waals surface area contributed by atoms with Crippen LogP contribution < -0.4 is 0 Å². The molecule has 2 N–H and O–H groups in total. The Labute approximate surface area is 279 Å². The molecular weight excluding hydrogens is 681 g/mol. The zero-order chi connectivity index (χ0) is 33.7. The van der Waals surface area contributed by atoms with Crippen LogP contribution in [0.2, 0.25) is 0 Å². The first-order chi connectivity index (χ1) is 21.8. The molecule has 2 heterocycles. The van der Waals surface area contributed by atoms with Crippen molar-refractivity contribution in [3.63, 3.8) is 0 Å². The van der Waals surface area contributed by atoms with Crippen LogP contribution in [0.15, 0.2) is 48.5 Å². The maximum atomic E-state index is 13.5. The fraction of sp³-hybridized carbons (Fsp3) is 0.429. The fourth-order valence-electron chi connectivity index (χ4n) is 4.98. The van der Waals surface area contributed by atoms with Crippen LogP contribution in [0.3, 0.4) is 0 Å². The zero-order valence-corrected chi connectivity index (χ0v) is 27.8. The Morgan fingerprint density at radius 3 is 1.48 bits per heavy atom. The summed E-state index contributed by atoms with van der Waals surface area (Å²) in [4.78, 5) is 75.1. The highest BCUT2D eigenvalue weighted by atomic mass is 33.1. The monoisotopic (exact) mass is 710 g/mol. The van der Waals surface area contributed by atoms with Crippen molar-refractivity contribution in [3.05, 3.63) is 79.9 Å². The summed E-state index contributed by atoms with van der Waals surface area (Å²) in [7, 11) is 2.64. The normalized spacial score (nSPS) is 22.3. The summed E-state index contributed by atoms with van der Waals surface area (Å²) in [6.07, 6.45) is 0. The van der Waals surface area contributed by atoms with Crippen LogP contribution in [0.5, 0.6) is 0 Å². The third-order valence-corrected chi connectivity index (χ3v) is 12.8. The van der Waals surface area contributed by atoms with E-state index in [1.165, 1.54) is 91.3 Å². The molecule has 2 saturated heterocycles. The van der Waals surface area contributed by atoms with Crippen LogP contribution in [-0.2, 0) is 19.2 Å². The smallest absolute Gasteiger partial charge is 0.327 e. The number of hydrogen-bond acceptors (Lipinski definition) is 12. The summed E-state index contributed by atoms with van der Waals surface area (Å²) in [6.45, 7) is 3.33. The summed E-state index contributed by atoms with van der Waals surface area (Å²) in [5.41, 5.74) is 0.597. The SMILES string of the molecule is C[C@H](CSSC[C@@H](C)C(=O)N1C(c2cccc([N+](=O)[O-])c2)SC[C@H]1C(=O)O)C(=O)N1C(c2cccc([N+](=O)[O-])c2)SC[C@H]1C(=O)O. The molecule has 2 aromatic rings. The molecule has 2 fully saturated rings. The molecule has 246 valence electrons. The summed E-state index contributed by atoms with van der Waals surface area (Å²) in [5.74, 6) is -3.56. The van der Waals surface area contributed by atoms with Crippen LogP contribution in [0.1, 0.15) is 35.7 Å². The van der Waals surface area contributed by atoms with Crippen molar-refractivity contribution in [3.8, 4) is 0 Å². The van der Waals surface area contributed by atoms with Gasteiger partial charge in [0.05, 0.1) is 9.85 Å². The zero-order valence-electron chi connectivity index (χ0n) is 24.5. The van der Waals surface area contributed by atoms with Gasteiger partial charge in [0.1, 0.15) is 22.8 Å². The predicted molar refractivity (Wildman–Crippen MR) is 176 cm³/mol. The van der Waals surface area contributed by atoms with Gasteiger partial charge in [-0.05, 0) is 11.1 Å². The van der Waals surface area contributed by atoms with E-state index in [0.717, 1.165) is 0 Å². The lowest BCUT2D eigenvalue weighted by Crippen LogP contribution is -2.45. The number of rotatable bonds is 13. The van der Waals surface area contributed by atoms with Gasteiger partial charge in [0.25, 0.3) is 11.4 Å². The van der Waals surface area contributed by atoms with E-state index < -0.39 is 68.3 Å². The molecule has 0 radical (unpaired) electrons. The first-order valence-electron chi connectivity index (χ1n) is 13.9. The molecule has 2 unspecified atom stereocenters. The van der Waals surface area contributed by atoms with Crippen molar-refractivity contribution < 1.29 is 39.2 Å². The molecule has 0 spiro atoms. The standard InChI is InChI=1S/C28H30N4O10S4/c1-15(23(33)29-21(27(35)36)13-43-25(29)17-5-3-7-19(9-17)31(39)40)11-45-46-12-16(2)24(34)30-22(28(37)38)14-44-26(30)18-6-4-8-20(10-18)32(41)42/h3-10,15-16,21-22,25-26H,11-14H2,1-2H3,(H,35,36)(H,37,38)/t15-,16-,21+,22+,25?,26?/m1/s1. The van der Waals surface area contributed by atoms with Crippen molar-refractivity contribution in [2.45, 2.75) is 36.7 Å². The number of nitro groups is 2. The molecule has 6 atom stereocenters. The van der Waals surface area contributed by atoms with Crippen LogP contribution in [-0.4, -0.2) is 88.7 Å². The highest BCUT2D eigenvalue weighted by molar-refractivity contribution is 8.76.